The van der Waals surface area contributed by atoms with Crippen LogP contribution in [0.1, 0.15) is 51.3 Å². The highest BCUT2D eigenvalue weighted by molar-refractivity contribution is 5.24. The minimum Gasteiger partial charge on any atom is -0.389 e. The summed E-state index contributed by atoms with van der Waals surface area (Å²) in [5.41, 5.74) is 2.28. The van der Waals surface area contributed by atoms with Crippen molar-refractivity contribution >= 4 is 0 Å². The van der Waals surface area contributed by atoms with Crippen molar-refractivity contribution in [3.05, 3.63) is 35.4 Å². The predicted octanol–water partition coefficient (Wildman–Crippen LogP) is 3.72. The van der Waals surface area contributed by atoms with Crippen molar-refractivity contribution in [2.75, 3.05) is 0 Å². The third-order valence-electron chi connectivity index (χ3n) is 1.84. The van der Waals surface area contributed by atoms with Crippen LogP contribution in [0.5, 0.6) is 0 Å². The van der Waals surface area contributed by atoms with E-state index < -0.39 is 0 Å². The van der Waals surface area contributed by atoms with Gasteiger partial charge in [-0.25, -0.2) is 0 Å². The molecule has 0 bridgehead atoms. The molecule has 0 aliphatic carbocycles. The zero-order valence-corrected chi connectivity index (χ0v) is 9.75. The van der Waals surface area contributed by atoms with Crippen LogP contribution in [0.2, 0.25) is 0 Å². The Bertz CT molecular complexity index is 241. The monoisotopic (exact) mass is 194 g/mol. The Kier molecular flexibility index (Phi) is 7.13. The summed E-state index contributed by atoms with van der Waals surface area (Å²) < 4.78 is 0. The molecule has 0 fully saturated rings. The fourth-order valence-corrected chi connectivity index (χ4v) is 1.07. The average molecular weight is 194 g/mol. The highest BCUT2D eigenvalue weighted by Crippen LogP contribution is 2.13. The molecule has 1 nitrogen and oxygen atoms in total. The minimum atomic E-state index is -0.346. The summed E-state index contributed by atoms with van der Waals surface area (Å²) in [4.78, 5) is 0. The minimum absolute atomic E-state index is 0.346. The fourth-order valence-electron chi connectivity index (χ4n) is 1.07. The van der Waals surface area contributed by atoms with Gasteiger partial charge in [0.25, 0.3) is 0 Å². The molecule has 0 aromatic heterocycles. The number of rotatable bonds is 2. The first kappa shape index (κ1) is 13.2. The summed E-state index contributed by atoms with van der Waals surface area (Å²) in [6.07, 6.45) is 1.93. The van der Waals surface area contributed by atoms with Gasteiger partial charge in [0.15, 0.2) is 0 Å². The zero-order valence-electron chi connectivity index (χ0n) is 9.75. The molecular weight excluding hydrogens is 172 g/mol. The lowest BCUT2D eigenvalue weighted by Gasteiger charge is -2.05. The topological polar surface area (TPSA) is 20.2 Å². The first-order chi connectivity index (χ1) is 6.65. The first-order valence-electron chi connectivity index (χ1n) is 5.42. The third-order valence-corrected chi connectivity index (χ3v) is 1.84. The first-order valence-corrected chi connectivity index (χ1v) is 5.42. The van der Waals surface area contributed by atoms with Gasteiger partial charge in [0.2, 0.25) is 0 Å². The smallest absolute Gasteiger partial charge is 0.0762 e. The Morgan fingerprint density at radius 1 is 1.21 bits per heavy atom. The molecule has 80 valence electrons. The van der Waals surface area contributed by atoms with Crippen molar-refractivity contribution < 1.29 is 5.11 Å². The van der Waals surface area contributed by atoms with Crippen molar-refractivity contribution in [1.29, 1.82) is 0 Å². The lowest BCUT2D eigenvalue weighted by molar-refractivity contribution is 0.199. The second-order valence-corrected chi connectivity index (χ2v) is 3.48. The van der Waals surface area contributed by atoms with Crippen LogP contribution < -0.4 is 0 Å². The molecule has 1 N–H and O–H groups in total. The van der Waals surface area contributed by atoms with E-state index in [0.29, 0.717) is 0 Å². The van der Waals surface area contributed by atoms with E-state index >= 15 is 0 Å². The van der Waals surface area contributed by atoms with Crippen LogP contribution in [-0.4, -0.2) is 5.11 Å². The molecule has 1 atom stereocenters. The zero-order chi connectivity index (χ0) is 11.0. The van der Waals surface area contributed by atoms with Crippen LogP contribution in [0.4, 0.5) is 0 Å². The van der Waals surface area contributed by atoms with E-state index in [1.54, 1.807) is 6.92 Å². The Morgan fingerprint density at radius 3 is 2.21 bits per heavy atom. The van der Waals surface area contributed by atoms with Gasteiger partial charge in [0, 0.05) is 0 Å². The van der Waals surface area contributed by atoms with Crippen molar-refractivity contribution in [1.82, 2.24) is 0 Å². The largest absolute Gasteiger partial charge is 0.389 e. The second kappa shape index (κ2) is 7.57. The van der Waals surface area contributed by atoms with Crippen LogP contribution in [0.15, 0.2) is 24.3 Å². The van der Waals surface area contributed by atoms with Gasteiger partial charge in [-0.1, -0.05) is 51.5 Å². The molecule has 0 aliphatic heterocycles. The van der Waals surface area contributed by atoms with E-state index in [1.165, 1.54) is 12.0 Å². The number of benzene rings is 1. The predicted molar refractivity (Wildman–Crippen MR) is 62.4 cm³/mol. The summed E-state index contributed by atoms with van der Waals surface area (Å²) in [7, 11) is 0. The highest BCUT2D eigenvalue weighted by atomic mass is 16.3. The molecule has 0 aliphatic rings. The molecule has 0 spiro atoms. The SMILES string of the molecule is CCC.CCc1cccc(C(C)O)c1. The standard InChI is InChI=1S/C10H14O.C3H8/c1-3-9-5-4-6-10(7-9)8(2)11;1-3-2/h4-8,11H,3H2,1-2H3;3H2,1-2H3. The van der Waals surface area contributed by atoms with E-state index in [-0.39, 0.29) is 6.10 Å². The van der Waals surface area contributed by atoms with Crippen LogP contribution >= 0.6 is 0 Å². The molecule has 0 amide bonds. The van der Waals surface area contributed by atoms with Crippen LogP contribution in [0, 0.1) is 0 Å². The number of aryl methyl sites for hydroxylation is 1. The molecule has 1 aromatic rings. The highest BCUT2D eigenvalue weighted by Gasteiger charge is 1.99. The average Bonchev–Trinajstić information content (AvgIpc) is 2.19. The fraction of sp³-hybridized carbons (Fsp3) is 0.538. The molecule has 1 rings (SSSR count). The number of hydrogen-bond acceptors (Lipinski definition) is 1. The van der Waals surface area contributed by atoms with Crippen LogP contribution in [0.3, 0.4) is 0 Å². The summed E-state index contributed by atoms with van der Waals surface area (Å²) >= 11 is 0. The van der Waals surface area contributed by atoms with Crippen LogP contribution in [0.25, 0.3) is 0 Å². The van der Waals surface area contributed by atoms with Gasteiger partial charge in [-0.3, -0.25) is 0 Å². The van der Waals surface area contributed by atoms with Gasteiger partial charge in [0.05, 0.1) is 6.10 Å². The third kappa shape index (κ3) is 5.03. The van der Waals surface area contributed by atoms with Gasteiger partial charge in [-0.15, -0.1) is 0 Å². The molecule has 0 saturated carbocycles. The van der Waals surface area contributed by atoms with Crippen molar-refractivity contribution in [3.8, 4) is 0 Å². The summed E-state index contributed by atoms with van der Waals surface area (Å²) in [5.74, 6) is 0. The Hall–Kier alpha value is -0.820. The molecule has 0 heterocycles. The van der Waals surface area contributed by atoms with Gasteiger partial charge >= 0.3 is 0 Å². The van der Waals surface area contributed by atoms with E-state index in [2.05, 4.69) is 26.8 Å². The Balaban J connectivity index is 0.000000500. The summed E-state index contributed by atoms with van der Waals surface area (Å²) in [6, 6.07) is 8.06. The van der Waals surface area contributed by atoms with Crippen LogP contribution in [-0.2, 0) is 6.42 Å². The summed E-state index contributed by atoms with van der Waals surface area (Å²) in [5, 5.41) is 9.24. The van der Waals surface area contributed by atoms with E-state index in [4.69, 9.17) is 0 Å². The summed E-state index contributed by atoms with van der Waals surface area (Å²) in [6.45, 7) is 8.15. The lowest BCUT2D eigenvalue weighted by Crippen LogP contribution is -1.91. The van der Waals surface area contributed by atoms with Crippen molar-refractivity contribution in [2.24, 2.45) is 0 Å². The van der Waals surface area contributed by atoms with E-state index in [1.807, 2.05) is 18.2 Å². The molecular formula is C13H22O. The maximum Gasteiger partial charge on any atom is 0.0762 e. The van der Waals surface area contributed by atoms with Crippen molar-refractivity contribution in [3.63, 3.8) is 0 Å². The number of aliphatic hydroxyl groups excluding tert-OH is 1. The molecule has 1 aromatic carbocycles. The quantitative estimate of drug-likeness (QED) is 0.760. The normalized spacial score (nSPS) is 11.5. The molecule has 0 saturated heterocycles. The Labute approximate surface area is 87.8 Å². The van der Waals surface area contributed by atoms with Gasteiger partial charge in [-0.2, -0.15) is 0 Å². The lowest BCUT2D eigenvalue weighted by atomic mass is 10.1. The molecule has 14 heavy (non-hydrogen) atoms. The van der Waals surface area contributed by atoms with Gasteiger partial charge in [-0.05, 0) is 24.5 Å². The van der Waals surface area contributed by atoms with E-state index in [9.17, 15) is 5.11 Å². The number of aliphatic hydroxyl groups is 1. The second-order valence-electron chi connectivity index (χ2n) is 3.48. The van der Waals surface area contributed by atoms with E-state index in [0.717, 1.165) is 12.0 Å². The maximum absolute atomic E-state index is 9.24. The molecule has 1 heteroatoms. The molecule has 0 radical (unpaired) electrons. The van der Waals surface area contributed by atoms with Gasteiger partial charge < -0.3 is 5.11 Å². The molecule has 1 unspecified atom stereocenters. The van der Waals surface area contributed by atoms with Gasteiger partial charge in [0.1, 0.15) is 0 Å². The number of hydrogen-bond donors (Lipinski definition) is 1. The maximum atomic E-state index is 9.24. The Morgan fingerprint density at radius 2 is 1.79 bits per heavy atom. The van der Waals surface area contributed by atoms with Crippen molar-refractivity contribution in [2.45, 2.75) is 46.6 Å².